The summed E-state index contributed by atoms with van der Waals surface area (Å²) in [7, 11) is -3.00. The van der Waals surface area contributed by atoms with Crippen molar-refractivity contribution in [3.63, 3.8) is 0 Å². The van der Waals surface area contributed by atoms with Gasteiger partial charge in [-0.25, -0.2) is 8.42 Å². The van der Waals surface area contributed by atoms with Crippen LogP contribution in [0.3, 0.4) is 0 Å². The molecule has 2 aromatic rings. The number of hydrogen-bond donors (Lipinski definition) is 1. The standard InChI is InChI=1S/C10H10ClNO2S/c1-15(13,14)6-9-4-7-2-3-8(11)5-10(7)12-9/h2-5,12H,6H2,1H3. The van der Waals surface area contributed by atoms with E-state index in [2.05, 4.69) is 4.98 Å². The molecule has 1 aromatic carbocycles. The molecule has 15 heavy (non-hydrogen) atoms. The molecule has 0 saturated heterocycles. The first kappa shape index (κ1) is 10.5. The Hall–Kier alpha value is -1.00. The van der Waals surface area contributed by atoms with Crippen molar-refractivity contribution in [1.82, 2.24) is 4.98 Å². The highest BCUT2D eigenvalue weighted by atomic mass is 35.5. The van der Waals surface area contributed by atoms with Crippen molar-refractivity contribution >= 4 is 32.3 Å². The van der Waals surface area contributed by atoms with Crippen LogP contribution < -0.4 is 0 Å². The lowest BCUT2D eigenvalue weighted by Crippen LogP contribution is -2.00. The maximum Gasteiger partial charge on any atom is 0.153 e. The third-order valence-electron chi connectivity index (χ3n) is 2.06. The molecule has 0 atom stereocenters. The Morgan fingerprint density at radius 3 is 2.73 bits per heavy atom. The zero-order chi connectivity index (χ0) is 11.1. The van der Waals surface area contributed by atoms with Gasteiger partial charge in [0.25, 0.3) is 0 Å². The third kappa shape index (κ3) is 2.52. The second kappa shape index (κ2) is 3.54. The van der Waals surface area contributed by atoms with Gasteiger partial charge in [0.2, 0.25) is 0 Å². The van der Waals surface area contributed by atoms with E-state index in [1.165, 1.54) is 6.26 Å². The van der Waals surface area contributed by atoms with E-state index in [-0.39, 0.29) is 5.75 Å². The van der Waals surface area contributed by atoms with Gasteiger partial charge in [0, 0.05) is 22.5 Å². The highest BCUT2D eigenvalue weighted by Gasteiger charge is 2.07. The van der Waals surface area contributed by atoms with Crippen LogP contribution >= 0.6 is 11.6 Å². The molecular formula is C10H10ClNO2S. The first-order valence-electron chi connectivity index (χ1n) is 4.39. The van der Waals surface area contributed by atoms with E-state index < -0.39 is 9.84 Å². The maximum absolute atomic E-state index is 11.1. The van der Waals surface area contributed by atoms with Gasteiger partial charge < -0.3 is 4.98 Å². The molecule has 2 rings (SSSR count). The molecule has 1 heterocycles. The van der Waals surface area contributed by atoms with Crippen molar-refractivity contribution in [2.45, 2.75) is 5.75 Å². The van der Waals surface area contributed by atoms with E-state index in [0.29, 0.717) is 10.7 Å². The van der Waals surface area contributed by atoms with Gasteiger partial charge in [0.15, 0.2) is 9.84 Å². The summed E-state index contributed by atoms with van der Waals surface area (Å²) in [5, 5.41) is 1.60. The number of halogens is 1. The van der Waals surface area contributed by atoms with E-state index in [1.54, 1.807) is 12.1 Å². The van der Waals surface area contributed by atoms with E-state index in [0.717, 1.165) is 10.9 Å². The molecule has 80 valence electrons. The molecule has 5 heteroatoms. The fourth-order valence-corrected chi connectivity index (χ4v) is 2.41. The average molecular weight is 244 g/mol. The minimum Gasteiger partial charge on any atom is -0.358 e. The average Bonchev–Trinajstić information content (AvgIpc) is 2.42. The maximum atomic E-state index is 11.1. The Bertz CT molecular complexity index is 601. The van der Waals surface area contributed by atoms with E-state index >= 15 is 0 Å². The molecule has 0 fully saturated rings. The summed E-state index contributed by atoms with van der Waals surface area (Å²) < 4.78 is 22.2. The predicted molar refractivity (Wildman–Crippen MR) is 61.9 cm³/mol. The fourth-order valence-electron chi connectivity index (χ4n) is 1.52. The first-order chi connectivity index (χ1) is 6.94. The number of aromatic nitrogens is 1. The zero-order valence-corrected chi connectivity index (χ0v) is 9.69. The van der Waals surface area contributed by atoms with Gasteiger partial charge in [-0.15, -0.1) is 0 Å². The largest absolute Gasteiger partial charge is 0.358 e. The summed E-state index contributed by atoms with van der Waals surface area (Å²) in [6, 6.07) is 7.25. The van der Waals surface area contributed by atoms with Crippen molar-refractivity contribution < 1.29 is 8.42 Å². The van der Waals surface area contributed by atoms with Crippen LogP contribution in [0, 0.1) is 0 Å². The number of hydrogen-bond acceptors (Lipinski definition) is 2. The van der Waals surface area contributed by atoms with Crippen LogP contribution in [0.25, 0.3) is 10.9 Å². The highest BCUT2D eigenvalue weighted by Crippen LogP contribution is 2.20. The Balaban J connectivity index is 2.48. The summed E-state index contributed by atoms with van der Waals surface area (Å²) >= 11 is 5.82. The number of fused-ring (bicyclic) bond motifs is 1. The van der Waals surface area contributed by atoms with Crippen LogP contribution in [0.15, 0.2) is 24.3 Å². The molecule has 0 bridgehead atoms. The topological polar surface area (TPSA) is 49.9 Å². The molecule has 3 nitrogen and oxygen atoms in total. The minimum atomic E-state index is -3.00. The number of rotatable bonds is 2. The third-order valence-corrected chi connectivity index (χ3v) is 3.13. The SMILES string of the molecule is CS(=O)(=O)Cc1cc2ccc(Cl)cc2[nH]1. The van der Waals surface area contributed by atoms with Gasteiger partial charge in [-0.3, -0.25) is 0 Å². The summed E-state index contributed by atoms with van der Waals surface area (Å²) in [5.41, 5.74) is 1.55. The lowest BCUT2D eigenvalue weighted by Gasteiger charge is -1.93. The van der Waals surface area contributed by atoms with Crippen LogP contribution in [0.1, 0.15) is 5.69 Å². The Labute approximate surface area is 93.0 Å². The van der Waals surface area contributed by atoms with E-state index in [4.69, 9.17) is 11.6 Å². The first-order valence-corrected chi connectivity index (χ1v) is 6.83. The summed E-state index contributed by atoms with van der Waals surface area (Å²) in [4.78, 5) is 3.03. The van der Waals surface area contributed by atoms with Crippen molar-refractivity contribution in [2.75, 3.05) is 6.26 Å². The number of sulfone groups is 1. The summed E-state index contributed by atoms with van der Waals surface area (Å²) in [5.74, 6) is 0.0271. The smallest absolute Gasteiger partial charge is 0.153 e. The van der Waals surface area contributed by atoms with Gasteiger partial charge in [0.05, 0.1) is 5.75 Å². The second-order valence-corrected chi connectivity index (χ2v) is 6.17. The molecule has 1 N–H and O–H groups in total. The lowest BCUT2D eigenvalue weighted by molar-refractivity contribution is 0.600. The lowest BCUT2D eigenvalue weighted by atomic mass is 10.2. The van der Waals surface area contributed by atoms with Crippen molar-refractivity contribution in [1.29, 1.82) is 0 Å². The van der Waals surface area contributed by atoms with E-state index in [9.17, 15) is 8.42 Å². The number of aromatic amines is 1. The van der Waals surface area contributed by atoms with Crippen molar-refractivity contribution in [3.8, 4) is 0 Å². The normalized spacial score (nSPS) is 12.1. The molecule has 0 unspecified atom stereocenters. The molecule has 1 aromatic heterocycles. The quantitative estimate of drug-likeness (QED) is 0.880. The second-order valence-electron chi connectivity index (χ2n) is 3.60. The Morgan fingerprint density at radius 2 is 2.07 bits per heavy atom. The minimum absolute atomic E-state index is 0.0271. The Kier molecular flexibility index (Phi) is 2.48. The van der Waals surface area contributed by atoms with Gasteiger partial charge in [-0.2, -0.15) is 0 Å². The predicted octanol–water partition coefficient (Wildman–Crippen LogP) is 2.37. The van der Waals surface area contributed by atoms with Gasteiger partial charge in [-0.1, -0.05) is 17.7 Å². The van der Waals surface area contributed by atoms with Crippen LogP contribution in [-0.2, 0) is 15.6 Å². The van der Waals surface area contributed by atoms with Crippen LogP contribution in [-0.4, -0.2) is 19.7 Å². The molecule has 0 aliphatic heterocycles. The monoisotopic (exact) mass is 243 g/mol. The number of H-pyrrole nitrogens is 1. The fraction of sp³-hybridized carbons (Fsp3) is 0.200. The number of benzene rings is 1. The van der Waals surface area contributed by atoms with Crippen LogP contribution in [0.4, 0.5) is 0 Å². The van der Waals surface area contributed by atoms with Crippen molar-refractivity contribution in [3.05, 3.63) is 35.0 Å². The van der Waals surface area contributed by atoms with E-state index in [1.807, 2.05) is 12.1 Å². The van der Waals surface area contributed by atoms with Crippen molar-refractivity contribution in [2.24, 2.45) is 0 Å². The molecule has 0 radical (unpaired) electrons. The number of nitrogens with one attached hydrogen (secondary N) is 1. The van der Waals surface area contributed by atoms with Gasteiger partial charge in [0.1, 0.15) is 0 Å². The zero-order valence-electron chi connectivity index (χ0n) is 8.12. The summed E-state index contributed by atoms with van der Waals surface area (Å²) in [6.07, 6.45) is 1.21. The highest BCUT2D eigenvalue weighted by molar-refractivity contribution is 7.89. The summed E-state index contributed by atoms with van der Waals surface area (Å²) in [6.45, 7) is 0. The van der Waals surface area contributed by atoms with Gasteiger partial charge >= 0.3 is 0 Å². The van der Waals surface area contributed by atoms with Crippen LogP contribution in [0.2, 0.25) is 5.02 Å². The Morgan fingerprint density at radius 1 is 1.33 bits per heavy atom. The molecule has 0 spiro atoms. The van der Waals surface area contributed by atoms with Crippen LogP contribution in [0.5, 0.6) is 0 Å². The molecule has 0 saturated carbocycles. The molecule has 0 aliphatic rings. The molecule has 0 aliphatic carbocycles. The van der Waals surface area contributed by atoms with Gasteiger partial charge in [-0.05, 0) is 23.6 Å². The molecular weight excluding hydrogens is 234 g/mol. The molecule has 0 amide bonds.